The first-order chi connectivity index (χ1) is 23.7. The standard InChI is InChI=1S/C25H36N4O7S.C7H8.3C2H6/c1-7-9-10-11-17(12-16(3)30)35-21(31)14-26-22(32)18(8-2)29-23(33)19-15-37-20(28-19)13-27-24(34)36-25(4,5)6;1-7-5-3-2-4-6-7;3*1-2/h8,10-11,15,17H,7,9,12-14H2,1-6H3,(H,26,32)(H,27,34)(H,29,33);2-6H,1H3;3*1-2H3/b11-10+,18-8-;;;;. The second-order valence-corrected chi connectivity index (χ2v) is 11.6. The maximum atomic E-state index is 12.5. The monoisotopic (exact) mass is 718 g/mol. The van der Waals surface area contributed by atoms with E-state index in [4.69, 9.17) is 9.47 Å². The summed E-state index contributed by atoms with van der Waals surface area (Å²) in [7, 11) is 0. The van der Waals surface area contributed by atoms with Gasteiger partial charge in [0.05, 0.1) is 6.54 Å². The van der Waals surface area contributed by atoms with Crippen molar-refractivity contribution in [3.63, 3.8) is 0 Å². The predicted octanol–water partition coefficient (Wildman–Crippen LogP) is 8.24. The molecule has 0 saturated carbocycles. The third-order valence-corrected chi connectivity index (χ3v) is 6.11. The van der Waals surface area contributed by atoms with E-state index in [2.05, 4.69) is 40.0 Å². The quantitative estimate of drug-likeness (QED) is 0.106. The van der Waals surface area contributed by atoms with Crippen LogP contribution in [-0.2, 0) is 30.4 Å². The average molecular weight is 719 g/mol. The first kappa shape index (κ1) is 50.1. The lowest BCUT2D eigenvalue weighted by molar-refractivity contribution is -0.147. The normalized spacial score (nSPS) is 10.9. The molecule has 2 rings (SSSR count). The molecule has 0 bridgehead atoms. The van der Waals surface area contributed by atoms with Crippen LogP contribution in [-0.4, -0.2) is 52.9 Å². The van der Waals surface area contributed by atoms with Gasteiger partial charge in [0.2, 0.25) is 0 Å². The van der Waals surface area contributed by atoms with E-state index in [-0.39, 0.29) is 30.1 Å². The van der Waals surface area contributed by atoms with E-state index in [1.807, 2.05) is 72.7 Å². The largest absolute Gasteiger partial charge is 0.456 e. The topological polar surface area (TPSA) is 153 Å². The fourth-order valence-corrected chi connectivity index (χ4v) is 3.96. The number of hydrogen-bond donors (Lipinski definition) is 3. The van der Waals surface area contributed by atoms with Gasteiger partial charge in [-0.15, -0.1) is 11.3 Å². The number of carbonyl (C=O) groups excluding carboxylic acids is 5. The Morgan fingerprint density at radius 3 is 2.04 bits per heavy atom. The smallest absolute Gasteiger partial charge is 0.408 e. The van der Waals surface area contributed by atoms with Crippen molar-refractivity contribution in [2.45, 2.75) is 128 Å². The van der Waals surface area contributed by atoms with Crippen molar-refractivity contribution in [2.75, 3.05) is 6.54 Å². The molecule has 2 aromatic rings. The summed E-state index contributed by atoms with van der Waals surface area (Å²) in [5.74, 6) is -2.18. The Bertz CT molecular complexity index is 1300. The lowest BCUT2D eigenvalue weighted by Gasteiger charge is -2.19. The Hall–Kier alpha value is -4.32. The Morgan fingerprint density at radius 1 is 0.960 bits per heavy atom. The number of alkyl carbamates (subject to hydrolysis) is 1. The fraction of sp³-hybridized carbons (Fsp3) is 0.526. The number of ketones is 1. The molecular formula is C38H62N4O7S. The van der Waals surface area contributed by atoms with Crippen molar-refractivity contribution in [2.24, 2.45) is 0 Å². The van der Waals surface area contributed by atoms with Gasteiger partial charge in [0, 0.05) is 11.8 Å². The molecule has 0 spiro atoms. The summed E-state index contributed by atoms with van der Waals surface area (Å²) in [6.07, 6.45) is 5.30. The van der Waals surface area contributed by atoms with Crippen molar-refractivity contribution in [1.82, 2.24) is 20.9 Å². The summed E-state index contributed by atoms with van der Waals surface area (Å²) in [5, 5.41) is 9.36. The van der Waals surface area contributed by atoms with Crippen LogP contribution in [0.2, 0.25) is 0 Å². The van der Waals surface area contributed by atoms with Crippen LogP contribution in [0.25, 0.3) is 0 Å². The average Bonchev–Trinajstić information content (AvgIpc) is 3.57. The molecule has 1 heterocycles. The number of benzene rings is 1. The van der Waals surface area contributed by atoms with Crippen LogP contribution >= 0.6 is 11.3 Å². The molecule has 0 aliphatic rings. The number of unbranched alkanes of at least 4 members (excludes halogenated alkanes) is 1. The van der Waals surface area contributed by atoms with E-state index in [0.29, 0.717) is 5.01 Å². The molecule has 0 fully saturated rings. The fourth-order valence-electron chi connectivity index (χ4n) is 3.24. The Morgan fingerprint density at radius 2 is 1.56 bits per heavy atom. The molecule has 3 amide bonds. The number of aryl methyl sites for hydroxylation is 1. The number of allylic oxidation sites excluding steroid dienone is 2. The number of ether oxygens (including phenoxy) is 2. The van der Waals surface area contributed by atoms with Gasteiger partial charge in [0.1, 0.15) is 40.4 Å². The number of hydrogen-bond acceptors (Lipinski definition) is 9. The van der Waals surface area contributed by atoms with Crippen molar-refractivity contribution in [3.8, 4) is 0 Å². The van der Waals surface area contributed by atoms with E-state index < -0.39 is 42.1 Å². The van der Waals surface area contributed by atoms with Crippen LogP contribution in [0.15, 0.2) is 59.6 Å². The molecule has 282 valence electrons. The molecule has 1 aromatic carbocycles. The summed E-state index contributed by atoms with van der Waals surface area (Å²) in [4.78, 5) is 64.5. The van der Waals surface area contributed by atoms with Gasteiger partial charge in [-0.05, 0) is 54.0 Å². The first-order valence-corrected chi connectivity index (χ1v) is 18.2. The van der Waals surface area contributed by atoms with Crippen molar-refractivity contribution in [1.29, 1.82) is 0 Å². The number of nitrogens with one attached hydrogen (secondary N) is 3. The van der Waals surface area contributed by atoms with E-state index in [1.165, 1.54) is 23.9 Å². The van der Waals surface area contributed by atoms with Gasteiger partial charge in [0.15, 0.2) is 0 Å². The SMILES string of the molecule is C/C=C(\NC(=O)c1csc(CNC(=O)OC(C)(C)C)n1)C(=O)NCC(=O)OC(/C=C/CCC)CC(C)=O.CC.CC.CC.Cc1ccccc1. The molecule has 0 radical (unpaired) electrons. The van der Waals surface area contributed by atoms with Crippen molar-refractivity contribution < 1.29 is 33.4 Å². The highest BCUT2D eigenvalue weighted by Crippen LogP contribution is 2.12. The van der Waals surface area contributed by atoms with Crippen LogP contribution in [0.5, 0.6) is 0 Å². The van der Waals surface area contributed by atoms with Gasteiger partial charge < -0.3 is 25.4 Å². The molecule has 0 aliphatic heterocycles. The maximum absolute atomic E-state index is 12.5. The summed E-state index contributed by atoms with van der Waals surface area (Å²) in [6, 6.07) is 10.3. The zero-order valence-electron chi connectivity index (χ0n) is 32.5. The minimum atomic E-state index is -0.718. The van der Waals surface area contributed by atoms with E-state index in [9.17, 15) is 24.0 Å². The molecule has 1 unspecified atom stereocenters. The third kappa shape index (κ3) is 26.6. The number of thiazole rings is 1. The molecule has 11 nitrogen and oxygen atoms in total. The number of rotatable bonds is 13. The predicted molar refractivity (Wildman–Crippen MR) is 204 cm³/mol. The van der Waals surface area contributed by atoms with Gasteiger partial charge in [-0.1, -0.05) is 103 Å². The van der Waals surface area contributed by atoms with Gasteiger partial charge >= 0.3 is 12.1 Å². The summed E-state index contributed by atoms with van der Waals surface area (Å²) < 4.78 is 10.4. The highest BCUT2D eigenvalue weighted by atomic mass is 32.1. The Labute approximate surface area is 304 Å². The summed E-state index contributed by atoms with van der Waals surface area (Å²) in [5.41, 5.74) is 0.661. The molecule has 0 aliphatic carbocycles. The van der Waals surface area contributed by atoms with Crippen LogP contribution in [0.1, 0.15) is 123 Å². The molecule has 1 atom stereocenters. The molecule has 1 aromatic heterocycles. The van der Waals surface area contributed by atoms with Crippen LogP contribution < -0.4 is 16.0 Å². The lowest BCUT2D eigenvalue weighted by Crippen LogP contribution is -2.38. The number of aromatic nitrogens is 1. The molecule has 3 N–H and O–H groups in total. The minimum absolute atomic E-state index is 0.0407. The second-order valence-electron chi connectivity index (χ2n) is 10.6. The van der Waals surface area contributed by atoms with Gasteiger partial charge in [-0.3, -0.25) is 19.2 Å². The molecule has 0 saturated heterocycles. The highest BCUT2D eigenvalue weighted by molar-refractivity contribution is 7.09. The molecule has 50 heavy (non-hydrogen) atoms. The first-order valence-electron chi connectivity index (χ1n) is 17.3. The van der Waals surface area contributed by atoms with Crippen LogP contribution in [0, 0.1) is 6.92 Å². The zero-order valence-corrected chi connectivity index (χ0v) is 33.3. The highest BCUT2D eigenvalue weighted by Gasteiger charge is 2.20. The van der Waals surface area contributed by atoms with E-state index in [1.54, 1.807) is 33.8 Å². The molecular weight excluding hydrogens is 657 g/mol. The summed E-state index contributed by atoms with van der Waals surface area (Å²) in [6.45, 7) is 23.9. The summed E-state index contributed by atoms with van der Waals surface area (Å²) >= 11 is 1.16. The van der Waals surface area contributed by atoms with Crippen LogP contribution in [0.4, 0.5) is 4.79 Å². The third-order valence-electron chi connectivity index (χ3n) is 5.26. The maximum Gasteiger partial charge on any atom is 0.408 e. The number of Topliss-reactive ketones (excluding diaryl/α,β-unsaturated/α-hetero) is 1. The molecule has 12 heteroatoms. The van der Waals surface area contributed by atoms with Crippen LogP contribution in [0.3, 0.4) is 0 Å². The second kappa shape index (κ2) is 30.7. The number of esters is 1. The lowest BCUT2D eigenvalue weighted by atomic mass is 10.1. The van der Waals surface area contributed by atoms with Gasteiger partial charge in [0.25, 0.3) is 11.8 Å². The Kier molecular flexibility index (Phi) is 30.8. The minimum Gasteiger partial charge on any atom is -0.456 e. The number of carbonyl (C=O) groups is 5. The van der Waals surface area contributed by atoms with Gasteiger partial charge in [-0.25, -0.2) is 9.78 Å². The number of amides is 3. The van der Waals surface area contributed by atoms with Gasteiger partial charge in [-0.2, -0.15) is 0 Å². The zero-order chi connectivity index (χ0) is 39.1. The Balaban J connectivity index is -0.00000144. The van der Waals surface area contributed by atoms with E-state index >= 15 is 0 Å². The number of nitrogens with zero attached hydrogens (tertiary/aromatic N) is 1. The van der Waals surface area contributed by atoms with Crippen molar-refractivity contribution in [3.05, 3.63) is 75.9 Å². The van der Waals surface area contributed by atoms with Crippen molar-refractivity contribution >= 4 is 41.0 Å². The van der Waals surface area contributed by atoms with E-state index in [0.717, 1.165) is 24.2 Å².